The van der Waals surface area contributed by atoms with Gasteiger partial charge < -0.3 is 10.2 Å². The zero-order valence-electron chi connectivity index (χ0n) is 17.7. The van der Waals surface area contributed by atoms with Crippen LogP contribution in [0.5, 0.6) is 0 Å². The van der Waals surface area contributed by atoms with Crippen LogP contribution in [0.2, 0.25) is 0 Å². The van der Waals surface area contributed by atoms with E-state index in [0.717, 1.165) is 47.0 Å². The van der Waals surface area contributed by atoms with Crippen molar-refractivity contribution in [2.45, 2.75) is 38.0 Å². The van der Waals surface area contributed by atoms with Crippen LogP contribution in [0, 0.1) is 5.92 Å². The van der Waals surface area contributed by atoms with Gasteiger partial charge in [-0.15, -0.1) is 0 Å². The van der Waals surface area contributed by atoms with E-state index in [1.54, 1.807) is 0 Å². The SMILES string of the molecule is Nc1cccc(C[C@@H]2CCCCC2c2nc(-c3ccccc3)c(-c3ccccc3)o2)c1. The summed E-state index contributed by atoms with van der Waals surface area (Å²) in [5.74, 6) is 2.60. The number of rotatable bonds is 5. The second-order valence-corrected chi connectivity index (χ2v) is 8.56. The highest BCUT2D eigenvalue weighted by atomic mass is 16.4. The third kappa shape index (κ3) is 4.27. The maximum absolute atomic E-state index is 6.55. The first-order valence-electron chi connectivity index (χ1n) is 11.2. The lowest BCUT2D eigenvalue weighted by Gasteiger charge is -2.29. The van der Waals surface area contributed by atoms with Crippen molar-refractivity contribution in [3.05, 3.63) is 96.4 Å². The molecule has 2 atom stereocenters. The Labute approximate surface area is 184 Å². The fourth-order valence-electron chi connectivity index (χ4n) is 4.87. The lowest BCUT2D eigenvalue weighted by Crippen LogP contribution is -2.20. The van der Waals surface area contributed by atoms with Crippen LogP contribution in [0.1, 0.15) is 43.1 Å². The van der Waals surface area contributed by atoms with Gasteiger partial charge in [-0.3, -0.25) is 0 Å². The number of anilines is 1. The molecule has 3 heteroatoms. The van der Waals surface area contributed by atoms with Crippen molar-refractivity contribution >= 4 is 5.69 Å². The van der Waals surface area contributed by atoms with Crippen molar-refractivity contribution in [2.24, 2.45) is 5.92 Å². The van der Waals surface area contributed by atoms with Crippen LogP contribution in [-0.2, 0) is 6.42 Å². The quantitative estimate of drug-likeness (QED) is 0.358. The number of aromatic nitrogens is 1. The van der Waals surface area contributed by atoms with Gasteiger partial charge in [0.05, 0.1) is 0 Å². The molecule has 1 aliphatic rings. The summed E-state index contributed by atoms with van der Waals surface area (Å²) in [5, 5.41) is 0. The normalized spacial score (nSPS) is 18.7. The van der Waals surface area contributed by atoms with E-state index in [0.29, 0.717) is 11.8 Å². The first-order valence-corrected chi connectivity index (χ1v) is 11.2. The Kier molecular flexibility index (Phi) is 5.57. The lowest BCUT2D eigenvalue weighted by molar-refractivity contribution is 0.265. The van der Waals surface area contributed by atoms with E-state index in [-0.39, 0.29) is 0 Å². The van der Waals surface area contributed by atoms with Gasteiger partial charge in [-0.25, -0.2) is 4.98 Å². The predicted octanol–water partition coefficient (Wildman–Crippen LogP) is 7.11. The number of nitrogens with zero attached hydrogens (tertiary/aromatic N) is 1. The molecular formula is C28H28N2O. The number of hydrogen-bond donors (Lipinski definition) is 1. The van der Waals surface area contributed by atoms with Gasteiger partial charge in [0.1, 0.15) is 5.69 Å². The zero-order chi connectivity index (χ0) is 21.0. The van der Waals surface area contributed by atoms with Crippen LogP contribution >= 0.6 is 0 Å². The minimum atomic E-state index is 0.329. The number of nitrogen functional groups attached to an aromatic ring is 1. The fourth-order valence-corrected chi connectivity index (χ4v) is 4.87. The number of hydrogen-bond acceptors (Lipinski definition) is 3. The molecule has 0 aliphatic heterocycles. The van der Waals surface area contributed by atoms with E-state index in [9.17, 15) is 0 Å². The van der Waals surface area contributed by atoms with Crippen LogP contribution in [0.15, 0.2) is 89.3 Å². The standard InChI is InChI=1S/C28H28N2O/c29-24-16-9-10-20(19-24)18-23-15-7-8-17-25(23)28-30-26(21-11-3-1-4-12-21)27(31-28)22-13-5-2-6-14-22/h1-6,9-14,16,19,23,25H,7-8,15,17-18,29H2/t23-,25?/m0/s1. The molecule has 0 bridgehead atoms. The Morgan fingerprint density at radius 1 is 0.806 bits per heavy atom. The van der Waals surface area contributed by atoms with Crippen LogP contribution < -0.4 is 5.73 Å². The number of oxazole rings is 1. The van der Waals surface area contributed by atoms with Gasteiger partial charge in [0.15, 0.2) is 11.7 Å². The maximum atomic E-state index is 6.55. The van der Waals surface area contributed by atoms with Gasteiger partial charge in [0.25, 0.3) is 0 Å². The van der Waals surface area contributed by atoms with Gasteiger partial charge in [-0.05, 0) is 42.9 Å². The highest BCUT2D eigenvalue weighted by molar-refractivity contribution is 5.76. The minimum Gasteiger partial charge on any atom is -0.440 e. The summed E-state index contributed by atoms with van der Waals surface area (Å²) in [6.45, 7) is 0. The number of nitrogens with two attached hydrogens (primary N) is 1. The molecule has 2 N–H and O–H groups in total. The molecule has 0 spiro atoms. The first-order chi connectivity index (χ1) is 15.3. The van der Waals surface area contributed by atoms with Crippen LogP contribution in [-0.4, -0.2) is 4.98 Å². The molecule has 0 amide bonds. The molecule has 1 aromatic heterocycles. The monoisotopic (exact) mass is 408 g/mol. The predicted molar refractivity (Wildman–Crippen MR) is 127 cm³/mol. The number of benzene rings is 3. The van der Waals surface area contributed by atoms with Gasteiger partial charge in [0.2, 0.25) is 0 Å². The summed E-state index contributed by atoms with van der Waals surface area (Å²) in [6, 6.07) is 29.0. The fraction of sp³-hybridized carbons (Fsp3) is 0.250. The van der Waals surface area contributed by atoms with Gasteiger partial charge in [-0.1, -0.05) is 85.6 Å². The molecule has 1 saturated carbocycles. The Bertz CT molecular complexity index is 1080. The van der Waals surface area contributed by atoms with E-state index in [1.165, 1.54) is 24.8 Å². The Hall–Kier alpha value is -3.33. The van der Waals surface area contributed by atoms with Gasteiger partial charge >= 0.3 is 0 Å². The van der Waals surface area contributed by atoms with Crippen molar-refractivity contribution in [3.63, 3.8) is 0 Å². The smallest absolute Gasteiger partial charge is 0.198 e. The van der Waals surface area contributed by atoms with Crippen molar-refractivity contribution in [3.8, 4) is 22.6 Å². The molecule has 5 rings (SSSR count). The van der Waals surface area contributed by atoms with Crippen LogP contribution in [0.4, 0.5) is 5.69 Å². The van der Waals surface area contributed by atoms with Gasteiger partial charge in [0, 0.05) is 22.7 Å². The molecule has 1 fully saturated rings. The molecule has 3 aromatic carbocycles. The first kappa shape index (κ1) is 19.6. The molecule has 0 radical (unpaired) electrons. The molecule has 31 heavy (non-hydrogen) atoms. The van der Waals surface area contributed by atoms with E-state index >= 15 is 0 Å². The summed E-state index contributed by atoms with van der Waals surface area (Å²) in [6.07, 6.45) is 5.82. The Morgan fingerprint density at radius 2 is 1.52 bits per heavy atom. The second kappa shape index (κ2) is 8.81. The molecular weight excluding hydrogens is 380 g/mol. The summed E-state index contributed by atoms with van der Waals surface area (Å²) >= 11 is 0. The summed E-state index contributed by atoms with van der Waals surface area (Å²) in [4.78, 5) is 5.10. The maximum Gasteiger partial charge on any atom is 0.198 e. The average Bonchev–Trinajstić information content (AvgIpc) is 3.26. The van der Waals surface area contributed by atoms with Crippen LogP contribution in [0.3, 0.4) is 0 Å². The average molecular weight is 409 g/mol. The molecule has 156 valence electrons. The van der Waals surface area contributed by atoms with Crippen molar-refractivity contribution in [1.29, 1.82) is 0 Å². The zero-order valence-corrected chi connectivity index (χ0v) is 17.7. The third-order valence-corrected chi connectivity index (χ3v) is 6.40. The van der Waals surface area contributed by atoms with E-state index in [1.807, 2.05) is 18.2 Å². The molecule has 1 heterocycles. The van der Waals surface area contributed by atoms with Crippen LogP contribution in [0.25, 0.3) is 22.6 Å². The molecule has 3 nitrogen and oxygen atoms in total. The van der Waals surface area contributed by atoms with Crippen molar-refractivity contribution < 1.29 is 4.42 Å². The lowest BCUT2D eigenvalue weighted by atomic mass is 9.76. The third-order valence-electron chi connectivity index (χ3n) is 6.40. The summed E-state index contributed by atoms with van der Waals surface area (Å²) < 4.78 is 6.55. The molecule has 0 saturated heterocycles. The molecule has 1 unspecified atom stereocenters. The second-order valence-electron chi connectivity index (χ2n) is 8.56. The molecule has 4 aromatic rings. The van der Waals surface area contributed by atoms with Gasteiger partial charge in [-0.2, -0.15) is 0 Å². The summed E-state index contributed by atoms with van der Waals surface area (Å²) in [5.41, 5.74) is 11.3. The summed E-state index contributed by atoms with van der Waals surface area (Å²) in [7, 11) is 0. The largest absolute Gasteiger partial charge is 0.440 e. The molecule has 1 aliphatic carbocycles. The highest BCUT2D eigenvalue weighted by Gasteiger charge is 2.32. The van der Waals surface area contributed by atoms with E-state index < -0.39 is 0 Å². The van der Waals surface area contributed by atoms with E-state index in [2.05, 4.69) is 66.7 Å². The van der Waals surface area contributed by atoms with Crippen molar-refractivity contribution in [2.75, 3.05) is 5.73 Å². The Morgan fingerprint density at radius 3 is 2.26 bits per heavy atom. The minimum absolute atomic E-state index is 0.329. The van der Waals surface area contributed by atoms with Crippen molar-refractivity contribution in [1.82, 2.24) is 4.98 Å². The topological polar surface area (TPSA) is 52.0 Å². The highest BCUT2D eigenvalue weighted by Crippen LogP contribution is 2.43. The van der Waals surface area contributed by atoms with E-state index in [4.69, 9.17) is 15.1 Å². The Balaban J connectivity index is 1.53.